The van der Waals surface area contributed by atoms with Crippen LogP contribution in [-0.4, -0.2) is 0 Å². The van der Waals surface area contributed by atoms with Gasteiger partial charge in [-0.25, -0.2) is 8.78 Å². The molecule has 2 heteroatoms. The molecule has 4 rings (SSSR count). The van der Waals surface area contributed by atoms with Crippen molar-refractivity contribution in [3.8, 4) is 0 Å². The summed E-state index contributed by atoms with van der Waals surface area (Å²) in [5.74, 6) is 0.0938. The van der Waals surface area contributed by atoms with Gasteiger partial charge in [-0.2, -0.15) is 0 Å². The van der Waals surface area contributed by atoms with Crippen LogP contribution in [0.25, 0.3) is 11.6 Å². The minimum atomic E-state index is -0.768. The Kier molecular flexibility index (Phi) is 4.93. The number of halogens is 2. The van der Waals surface area contributed by atoms with Gasteiger partial charge in [-0.05, 0) is 83.9 Å². The van der Waals surface area contributed by atoms with Crippen LogP contribution in [0.3, 0.4) is 0 Å². The summed E-state index contributed by atoms with van der Waals surface area (Å²) < 4.78 is 26.9. The monoisotopic (exact) mass is 352 g/mol. The van der Waals surface area contributed by atoms with Crippen molar-refractivity contribution in [1.82, 2.24) is 0 Å². The van der Waals surface area contributed by atoms with Crippen molar-refractivity contribution in [1.29, 1.82) is 0 Å². The van der Waals surface area contributed by atoms with Crippen LogP contribution in [0.4, 0.5) is 8.78 Å². The second-order valence-corrected chi connectivity index (χ2v) is 7.94. The molecule has 0 N–H and O–H groups in total. The molecule has 136 valence electrons. The second kappa shape index (κ2) is 7.34. The molecule has 1 fully saturated rings. The quantitative estimate of drug-likeness (QED) is 0.549. The highest BCUT2D eigenvalue weighted by molar-refractivity contribution is 5.88. The molecule has 0 spiro atoms. The molecule has 1 saturated carbocycles. The van der Waals surface area contributed by atoms with Crippen molar-refractivity contribution in [3.63, 3.8) is 0 Å². The van der Waals surface area contributed by atoms with Crippen LogP contribution in [0.15, 0.2) is 36.4 Å². The lowest BCUT2D eigenvalue weighted by atomic mass is 9.77. The van der Waals surface area contributed by atoms with Crippen LogP contribution >= 0.6 is 0 Å². The van der Waals surface area contributed by atoms with Crippen LogP contribution in [0, 0.1) is 17.6 Å². The maximum atomic E-state index is 13.4. The van der Waals surface area contributed by atoms with Crippen molar-refractivity contribution >= 4 is 11.6 Å². The Morgan fingerprint density at radius 2 is 1.62 bits per heavy atom. The molecule has 0 atom stereocenters. The molecule has 0 heterocycles. The first-order valence-corrected chi connectivity index (χ1v) is 9.93. The molecule has 0 nitrogen and oxygen atoms in total. The highest BCUT2D eigenvalue weighted by Crippen LogP contribution is 2.38. The summed E-state index contributed by atoms with van der Waals surface area (Å²) in [5, 5.41) is 0. The third-order valence-corrected chi connectivity index (χ3v) is 6.19. The van der Waals surface area contributed by atoms with Crippen LogP contribution in [0.1, 0.15) is 73.6 Å². The minimum Gasteiger partial charge on any atom is -0.204 e. The van der Waals surface area contributed by atoms with Crippen molar-refractivity contribution in [3.05, 3.63) is 70.3 Å². The summed E-state index contributed by atoms with van der Waals surface area (Å²) >= 11 is 0. The van der Waals surface area contributed by atoms with E-state index in [1.807, 2.05) is 6.08 Å². The first-order chi connectivity index (χ1) is 12.6. The van der Waals surface area contributed by atoms with Crippen molar-refractivity contribution in [2.24, 2.45) is 5.92 Å². The topological polar surface area (TPSA) is 0 Å². The molecule has 0 bridgehead atoms. The van der Waals surface area contributed by atoms with Gasteiger partial charge in [-0.15, -0.1) is 0 Å². The lowest BCUT2D eigenvalue weighted by Crippen LogP contribution is -2.13. The highest BCUT2D eigenvalue weighted by atomic mass is 19.2. The van der Waals surface area contributed by atoms with E-state index >= 15 is 0 Å². The first kappa shape index (κ1) is 17.5. The Bertz CT molecular complexity index is 809. The lowest BCUT2D eigenvalue weighted by Gasteiger charge is -2.28. The number of hydrogen-bond acceptors (Lipinski definition) is 0. The Labute approximate surface area is 154 Å². The summed E-state index contributed by atoms with van der Waals surface area (Å²) in [6.45, 7) is 2.28. The van der Waals surface area contributed by atoms with Gasteiger partial charge in [0.05, 0.1) is 0 Å². The molecule has 0 unspecified atom stereocenters. The molecular weight excluding hydrogens is 326 g/mol. The molecule has 0 saturated heterocycles. The standard InChI is InChI=1S/C24H26F2/c1-2-3-16-4-6-17(7-5-16)18-8-10-19(11-9-18)20-12-21-14-23(25)24(26)15-22(21)13-20/h8-12,14-17H,2-7,13H2,1H3. The SMILES string of the molecule is CCCC1CCC(c2ccc(C3=Cc4cc(F)c(F)cc4C3)cc2)CC1. The van der Waals surface area contributed by atoms with Gasteiger partial charge in [-0.1, -0.05) is 50.1 Å². The Hall–Kier alpha value is -1.96. The Morgan fingerprint density at radius 1 is 0.923 bits per heavy atom. The normalized spacial score (nSPS) is 22.2. The summed E-state index contributed by atoms with van der Waals surface area (Å²) in [5.41, 5.74) is 5.42. The Morgan fingerprint density at radius 3 is 2.31 bits per heavy atom. The summed E-state index contributed by atoms with van der Waals surface area (Å²) in [4.78, 5) is 0. The van der Waals surface area contributed by atoms with E-state index in [1.54, 1.807) is 0 Å². The van der Waals surface area contributed by atoms with E-state index in [0.29, 0.717) is 12.3 Å². The van der Waals surface area contributed by atoms with E-state index in [0.717, 1.165) is 28.2 Å². The molecule has 2 aromatic rings. The molecule has 2 aromatic carbocycles. The largest absolute Gasteiger partial charge is 0.204 e. The van der Waals surface area contributed by atoms with Crippen molar-refractivity contribution in [2.45, 2.75) is 57.8 Å². The van der Waals surface area contributed by atoms with Gasteiger partial charge in [0.15, 0.2) is 11.6 Å². The highest BCUT2D eigenvalue weighted by Gasteiger charge is 2.22. The number of hydrogen-bond donors (Lipinski definition) is 0. The lowest BCUT2D eigenvalue weighted by molar-refractivity contribution is 0.308. The third kappa shape index (κ3) is 3.47. The molecule has 26 heavy (non-hydrogen) atoms. The van der Waals surface area contributed by atoms with Crippen LogP contribution in [-0.2, 0) is 6.42 Å². The van der Waals surface area contributed by atoms with E-state index in [-0.39, 0.29) is 0 Å². The average Bonchev–Trinajstić information content (AvgIpc) is 3.06. The Balaban J connectivity index is 1.45. The predicted molar refractivity (Wildman–Crippen MR) is 104 cm³/mol. The second-order valence-electron chi connectivity index (χ2n) is 7.94. The predicted octanol–water partition coefficient (Wildman–Crippen LogP) is 7.14. The van der Waals surface area contributed by atoms with Gasteiger partial charge in [0.1, 0.15) is 0 Å². The fourth-order valence-electron chi connectivity index (χ4n) is 4.68. The van der Waals surface area contributed by atoms with Crippen LogP contribution in [0.5, 0.6) is 0 Å². The van der Waals surface area contributed by atoms with Gasteiger partial charge in [-0.3, -0.25) is 0 Å². The molecule has 0 aliphatic heterocycles. The number of fused-ring (bicyclic) bond motifs is 1. The maximum Gasteiger partial charge on any atom is 0.159 e. The van der Waals surface area contributed by atoms with Gasteiger partial charge in [0, 0.05) is 0 Å². The maximum absolute atomic E-state index is 13.4. The van der Waals surface area contributed by atoms with Gasteiger partial charge in [0.2, 0.25) is 0 Å². The fourth-order valence-corrected chi connectivity index (χ4v) is 4.68. The zero-order chi connectivity index (χ0) is 18.1. The van der Waals surface area contributed by atoms with Gasteiger partial charge >= 0.3 is 0 Å². The van der Waals surface area contributed by atoms with Crippen LogP contribution in [0.2, 0.25) is 0 Å². The first-order valence-electron chi connectivity index (χ1n) is 9.93. The van der Waals surface area contributed by atoms with Gasteiger partial charge in [0.25, 0.3) is 0 Å². The molecular formula is C24H26F2. The number of rotatable bonds is 4. The van der Waals surface area contributed by atoms with E-state index in [1.165, 1.54) is 56.2 Å². The molecule has 0 amide bonds. The molecule has 2 aliphatic rings. The van der Waals surface area contributed by atoms with Gasteiger partial charge < -0.3 is 0 Å². The van der Waals surface area contributed by atoms with E-state index in [2.05, 4.69) is 31.2 Å². The molecule has 0 radical (unpaired) electrons. The molecule has 2 aliphatic carbocycles. The summed E-state index contributed by atoms with van der Waals surface area (Å²) in [6, 6.07) is 11.5. The number of allylic oxidation sites excluding steroid dienone is 1. The molecule has 0 aromatic heterocycles. The van der Waals surface area contributed by atoms with E-state index in [4.69, 9.17) is 0 Å². The zero-order valence-corrected chi connectivity index (χ0v) is 15.4. The zero-order valence-electron chi connectivity index (χ0n) is 15.4. The smallest absolute Gasteiger partial charge is 0.159 e. The van der Waals surface area contributed by atoms with E-state index < -0.39 is 11.6 Å². The fraction of sp³-hybridized carbons (Fsp3) is 0.417. The number of benzene rings is 2. The summed E-state index contributed by atoms with van der Waals surface area (Å²) in [7, 11) is 0. The van der Waals surface area contributed by atoms with Crippen molar-refractivity contribution in [2.75, 3.05) is 0 Å². The minimum absolute atomic E-state index is 0.675. The van der Waals surface area contributed by atoms with Crippen LogP contribution < -0.4 is 0 Å². The van der Waals surface area contributed by atoms with E-state index in [9.17, 15) is 8.78 Å². The summed E-state index contributed by atoms with van der Waals surface area (Å²) in [6.07, 6.45) is 10.7. The third-order valence-electron chi connectivity index (χ3n) is 6.19. The average molecular weight is 352 g/mol. The van der Waals surface area contributed by atoms with Crippen molar-refractivity contribution < 1.29 is 8.78 Å².